The second kappa shape index (κ2) is 5.06. The molecule has 0 aliphatic rings. The largest absolute Gasteiger partial charge is 0.508 e. The molecule has 2 heteroatoms. The minimum atomic E-state index is 0.358. The van der Waals surface area contributed by atoms with Crippen LogP contribution in [0.5, 0.6) is 5.75 Å². The van der Waals surface area contributed by atoms with E-state index in [0.717, 1.165) is 17.7 Å². The van der Waals surface area contributed by atoms with Crippen LogP contribution in [0.2, 0.25) is 0 Å². The van der Waals surface area contributed by atoms with Gasteiger partial charge < -0.3 is 10.4 Å². The second-order valence-corrected chi connectivity index (χ2v) is 4.68. The zero-order chi connectivity index (χ0) is 11.4. The Morgan fingerprint density at radius 2 is 1.93 bits per heavy atom. The molecular weight excluding hydrogens is 186 g/mol. The normalized spacial score (nSPS) is 12.9. The number of aromatic hydroxyl groups is 1. The average Bonchev–Trinajstić information content (AvgIpc) is 2.10. The van der Waals surface area contributed by atoms with Crippen LogP contribution in [0.1, 0.15) is 32.8 Å². The molecule has 15 heavy (non-hydrogen) atoms. The highest BCUT2D eigenvalue weighted by Crippen LogP contribution is 2.22. The monoisotopic (exact) mass is 207 g/mol. The molecule has 1 unspecified atom stereocenters. The van der Waals surface area contributed by atoms with E-state index in [1.807, 2.05) is 19.1 Å². The molecule has 0 heterocycles. The van der Waals surface area contributed by atoms with Crippen molar-refractivity contribution in [3.63, 3.8) is 0 Å². The Morgan fingerprint density at radius 3 is 2.47 bits per heavy atom. The van der Waals surface area contributed by atoms with Gasteiger partial charge in [0.1, 0.15) is 5.75 Å². The van der Waals surface area contributed by atoms with Crippen LogP contribution in [0.4, 0.5) is 5.69 Å². The molecule has 84 valence electrons. The summed E-state index contributed by atoms with van der Waals surface area (Å²) in [5.74, 6) is 1.04. The van der Waals surface area contributed by atoms with Gasteiger partial charge in [-0.15, -0.1) is 0 Å². The highest BCUT2D eigenvalue weighted by Gasteiger charge is 2.05. The number of hydrogen-bond donors (Lipinski definition) is 2. The Hall–Kier alpha value is -1.18. The van der Waals surface area contributed by atoms with Crippen molar-refractivity contribution in [2.45, 2.75) is 40.2 Å². The third-order valence-corrected chi connectivity index (χ3v) is 2.45. The number of aryl methyl sites for hydroxylation is 1. The minimum absolute atomic E-state index is 0.358. The Balaban J connectivity index is 2.60. The first-order chi connectivity index (χ1) is 6.99. The van der Waals surface area contributed by atoms with E-state index < -0.39 is 0 Å². The van der Waals surface area contributed by atoms with E-state index in [4.69, 9.17) is 0 Å². The molecule has 0 aromatic heterocycles. The molecular formula is C13H21NO. The Morgan fingerprint density at radius 1 is 1.27 bits per heavy atom. The van der Waals surface area contributed by atoms with Crippen LogP contribution >= 0.6 is 0 Å². The summed E-state index contributed by atoms with van der Waals surface area (Å²) in [6.07, 6.45) is 1.13. The zero-order valence-corrected chi connectivity index (χ0v) is 10.0. The summed E-state index contributed by atoms with van der Waals surface area (Å²) in [6.45, 7) is 8.49. The molecule has 1 aromatic rings. The molecule has 0 saturated heterocycles. The van der Waals surface area contributed by atoms with Gasteiger partial charge in [0.05, 0.1) is 0 Å². The van der Waals surface area contributed by atoms with Crippen molar-refractivity contribution in [2.24, 2.45) is 5.92 Å². The Labute approximate surface area is 92.3 Å². The lowest BCUT2D eigenvalue weighted by molar-refractivity contribution is 0.471. The smallest absolute Gasteiger partial charge is 0.120 e. The molecule has 0 aliphatic carbocycles. The van der Waals surface area contributed by atoms with Crippen molar-refractivity contribution in [1.82, 2.24) is 0 Å². The molecule has 0 aliphatic heterocycles. The van der Waals surface area contributed by atoms with Crippen LogP contribution in [-0.4, -0.2) is 11.1 Å². The molecule has 1 aromatic carbocycles. The first-order valence-corrected chi connectivity index (χ1v) is 5.55. The summed E-state index contributed by atoms with van der Waals surface area (Å²) in [6, 6.07) is 6.16. The molecule has 0 radical (unpaired) electrons. The number of rotatable bonds is 4. The molecule has 1 rings (SSSR count). The third-order valence-electron chi connectivity index (χ3n) is 2.45. The van der Waals surface area contributed by atoms with E-state index >= 15 is 0 Å². The molecule has 0 spiro atoms. The van der Waals surface area contributed by atoms with E-state index in [-0.39, 0.29) is 0 Å². The SMILES string of the molecule is Cc1ccc(NC(C)CC(C)C)cc1O. The standard InChI is InChI=1S/C13H21NO/c1-9(2)7-11(4)14-12-6-5-10(3)13(15)8-12/h5-6,8-9,11,14-15H,7H2,1-4H3. The van der Waals surface area contributed by atoms with Crippen molar-refractivity contribution >= 4 is 5.69 Å². The molecule has 0 bridgehead atoms. The van der Waals surface area contributed by atoms with Gasteiger partial charge in [-0.25, -0.2) is 0 Å². The van der Waals surface area contributed by atoms with Crippen LogP contribution < -0.4 is 5.32 Å². The van der Waals surface area contributed by atoms with E-state index in [1.54, 1.807) is 6.07 Å². The van der Waals surface area contributed by atoms with Crippen molar-refractivity contribution in [1.29, 1.82) is 0 Å². The van der Waals surface area contributed by atoms with Crippen molar-refractivity contribution in [3.8, 4) is 5.75 Å². The maximum atomic E-state index is 9.55. The van der Waals surface area contributed by atoms with Crippen molar-refractivity contribution in [2.75, 3.05) is 5.32 Å². The number of phenols is 1. The average molecular weight is 207 g/mol. The van der Waals surface area contributed by atoms with Crippen LogP contribution in [0, 0.1) is 12.8 Å². The number of anilines is 1. The van der Waals surface area contributed by atoms with E-state index in [2.05, 4.69) is 26.1 Å². The predicted molar refractivity (Wildman–Crippen MR) is 65.4 cm³/mol. The van der Waals surface area contributed by atoms with Gasteiger partial charge in [-0.3, -0.25) is 0 Å². The van der Waals surface area contributed by atoms with Crippen molar-refractivity contribution < 1.29 is 5.11 Å². The molecule has 2 N–H and O–H groups in total. The highest BCUT2D eigenvalue weighted by atomic mass is 16.3. The topological polar surface area (TPSA) is 32.3 Å². The van der Waals surface area contributed by atoms with E-state index in [1.165, 1.54) is 0 Å². The molecule has 0 saturated carbocycles. The first kappa shape index (κ1) is 11.9. The molecule has 0 amide bonds. The number of phenolic OH excluding ortho intramolecular Hbond substituents is 1. The summed E-state index contributed by atoms with van der Waals surface area (Å²) in [7, 11) is 0. The number of benzene rings is 1. The summed E-state index contributed by atoms with van der Waals surface area (Å²) in [5.41, 5.74) is 1.91. The first-order valence-electron chi connectivity index (χ1n) is 5.55. The van der Waals surface area contributed by atoms with Gasteiger partial charge in [0.15, 0.2) is 0 Å². The van der Waals surface area contributed by atoms with E-state index in [0.29, 0.717) is 17.7 Å². The maximum Gasteiger partial charge on any atom is 0.120 e. The summed E-state index contributed by atoms with van der Waals surface area (Å²) in [5, 5.41) is 12.9. The van der Waals surface area contributed by atoms with Gasteiger partial charge in [0.25, 0.3) is 0 Å². The van der Waals surface area contributed by atoms with Gasteiger partial charge in [-0.2, -0.15) is 0 Å². The fraction of sp³-hybridized carbons (Fsp3) is 0.538. The summed E-state index contributed by atoms with van der Waals surface area (Å²) >= 11 is 0. The van der Waals surface area contributed by atoms with Gasteiger partial charge in [0, 0.05) is 17.8 Å². The van der Waals surface area contributed by atoms with Gasteiger partial charge in [-0.1, -0.05) is 19.9 Å². The second-order valence-electron chi connectivity index (χ2n) is 4.68. The summed E-state index contributed by atoms with van der Waals surface area (Å²) < 4.78 is 0. The summed E-state index contributed by atoms with van der Waals surface area (Å²) in [4.78, 5) is 0. The third kappa shape index (κ3) is 3.82. The van der Waals surface area contributed by atoms with E-state index in [9.17, 15) is 5.11 Å². The fourth-order valence-corrected chi connectivity index (χ4v) is 1.75. The quantitative estimate of drug-likeness (QED) is 0.791. The molecule has 0 fully saturated rings. The maximum absolute atomic E-state index is 9.55. The minimum Gasteiger partial charge on any atom is -0.508 e. The Bertz CT molecular complexity index is 320. The van der Waals surface area contributed by atoms with Crippen LogP contribution in [0.15, 0.2) is 18.2 Å². The van der Waals surface area contributed by atoms with Crippen LogP contribution in [0.25, 0.3) is 0 Å². The van der Waals surface area contributed by atoms with Gasteiger partial charge in [0.2, 0.25) is 0 Å². The molecule has 2 nitrogen and oxygen atoms in total. The van der Waals surface area contributed by atoms with Gasteiger partial charge in [-0.05, 0) is 37.8 Å². The lowest BCUT2D eigenvalue weighted by Crippen LogP contribution is -2.17. The van der Waals surface area contributed by atoms with Crippen LogP contribution in [0.3, 0.4) is 0 Å². The number of hydrogen-bond acceptors (Lipinski definition) is 2. The lowest BCUT2D eigenvalue weighted by Gasteiger charge is -2.17. The predicted octanol–water partition coefficient (Wildman–Crippen LogP) is 3.55. The fourth-order valence-electron chi connectivity index (χ4n) is 1.75. The van der Waals surface area contributed by atoms with Crippen molar-refractivity contribution in [3.05, 3.63) is 23.8 Å². The lowest BCUT2D eigenvalue weighted by atomic mass is 10.0. The number of nitrogens with one attached hydrogen (secondary N) is 1. The van der Waals surface area contributed by atoms with Crippen LogP contribution in [-0.2, 0) is 0 Å². The Kier molecular flexibility index (Phi) is 4.01. The molecule has 1 atom stereocenters. The van der Waals surface area contributed by atoms with Gasteiger partial charge >= 0.3 is 0 Å². The zero-order valence-electron chi connectivity index (χ0n) is 10.0. The highest BCUT2D eigenvalue weighted by molar-refractivity contribution is 5.51.